The van der Waals surface area contributed by atoms with Crippen LogP contribution in [-0.4, -0.2) is 12.5 Å². The molecule has 108 valence electrons. The zero-order valence-electron chi connectivity index (χ0n) is 11.9. The van der Waals surface area contributed by atoms with Crippen molar-refractivity contribution in [2.75, 3.05) is 11.9 Å². The Kier molecular flexibility index (Phi) is 3.38. The fourth-order valence-electron chi connectivity index (χ4n) is 2.81. The molecular formula is C17H16ClNO2. The highest BCUT2D eigenvalue weighted by molar-refractivity contribution is 6.32. The molecule has 0 fully saturated rings. The van der Waals surface area contributed by atoms with E-state index in [1.165, 1.54) is 0 Å². The summed E-state index contributed by atoms with van der Waals surface area (Å²) in [5.74, 6) is 0.685. The number of halogens is 1. The predicted molar refractivity (Wildman–Crippen MR) is 84.1 cm³/mol. The molecule has 21 heavy (non-hydrogen) atoms. The Morgan fingerprint density at radius 3 is 2.67 bits per heavy atom. The van der Waals surface area contributed by atoms with Crippen LogP contribution in [0.15, 0.2) is 42.5 Å². The summed E-state index contributed by atoms with van der Waals surface area (Å²) in [6, 6.07) is 13.1. The lowest BCUT2D eigenvalue weighted by Gasteiger charge is -2.24. The molecule has 1 N–H and O–H groups in total. The summed E-state index contributed by atoms with van der Waals surface area (Å²) in [5, 5.41) is 3.52. The van der Waals surface area contributed by atoms with Gasteiger partial charge in [-0.25, -0.2) is 0 Å². The van der Waals surface area contributed by atoms with Crippen molar-refractivity contribution in [3.05, 3.63) is 58.6 Å². The van der Waals surface area contributed by atoms with Crippen molar-refractivity contribution >= 4 is 23.2 Å². The van der Waals surface area contributed by atoms with Crippen molar-refractivity contribution in [1.82, 2.24) is 0 Å². The number of fused-ring (bicyclic) bond motifs is 1. The molecule has 1 amide bonds. The number of nitrogens with one attached hydrogen (secondary N) is 1. The zero-order valence-corrected chi connectivity index (χ0v) is 12.7. The van der Waals surface area contributed by atoms with Gasteiger partial charge in [0.1, 0.15) is 5.75 Å². The molecule has 0 aliphatic carbocycles. The van der Waals surface area contributed by atoms with Crippen molar-refractivity contribution in [2.45, 2.75) is 19.3 Å². The van der Waals surface area contributed by atoms with Gasteiger partial charge < -0.3 is 10.1 Å². The monoisotopic (exact) mass is 301 g/mol. The van der Waals surface area contributed by atoms with Crippen LogP contribution in [0, 0.1) is 0 Å². The molecule has 0 radical (unpaired) electrons. The van der Waals surface area contributed by atoms with Gasteiger partial charge in [-0.15, -0.1) is 0 Å². The molecule has 0 aromatic heterocycles. The molecule has 0 saturated carbocycles. The molecule has 1 atom stereocenters. The lowest BCUT2D eigenvalue weighted by Crippen LogP contribution is -2.32. The van der Waals surface area contributed by atoms with E-state index in [0.717, 1.165) is 22.6 Å². The van der Waals surface area contributed by atoms with Crippen LogP contribution < -0.4 is 10.1 Å². The van der Waals surface area contributed by atoms with E-state index in [4.69, 9.17) is 16.3 Å². The minimum Gasteiger partial charge on any atom is -0.494 e. The summed E-state index contributed by atoms with van der Waals surface area (Å²) in [6.45, 7) is 4.41. The largest absolute Gasteiger partial charge is 0.494 e. The van der Waals surface area contributed by atoms with E-state index < -0.39 is 5.41 Å². The number of anilines is 1. The minimum atomic E-state index is -0.805. The van der Waals surface area contributed by atoms with Crippen LogP contribution in [0.4, 0.5) is 5.69 Å². The minimum absolute atomic E-state index is 0.0701. The van der Waals surface area contributed by atoms with Gasteiger partial charge in [0.15, 0.2) is 0 Å². The average molecular weight is 302 g/mol. The highest BCUT2D eigenvalue weighted by Crippen LogP contribution is 2.45. The van der Waals surface area contributed by atoms with Crippen molar-refractivity contribution in [3.8, 4) is 5.75 Å². The average Bonchev–Trinajstić information content (AvgIpc) is 2.73. The lowest BCUT2D eigenvalue weighted by molar-refractivity contribution is -0.119. The first-order valence-electron chi connectivity index (χ1n) is 6.91. The molecule has 1 unspecified atom stereocenters. The maximum atomic E-state index is 12.6. The van der Waals surface area contributed by atoms with Gasteiger partial charge in [0.2, 0.25) is 5.91 Å². The molecule has 4 heteroatoms. The van der Waals surface area contributed by atoms with Crippen molar-refractivity contribution < 1.29 is 9.53 Å². The van der Waals surface area contributed by atoms with Crippen molar-refractivity contribution in [1.29, 1.82) is 0 Å². The van der Waals surface area contributed by atoms with Gasteiger partial charge in [-0.05, 0) is 49.2 Å². The van der Waals surface area contributed by atoms with Gasteiger partial charge in [-0.2, -0.15) is 0 Å². The Morgan fingerprint density at radius 2 is 1.95 bits per heavy atom. The number of carbonyl (C=O) groups is 1. The second-order valence-corrected chi connectivity index (χ2v) is 5.61. The number of rotatable bonds is 3. The van der Waals surface area contributed by atoms with E-state index in [0.29, 0.717) is 11.6 Å². The summed E-state index contributed by atoms with van der Waals surface area (Å²) in [7, 11) is 0. The molecule has 0 spiro atoms. The van der Waals surface area contributed by atoms with Crippen LogP contribution in [0.5, 0.6) is 5.75 Å². The van der Waals surface area contributed by atoms with Gasteiger partial charge in [-0.3, -0.25) is 4.79 Å². The van der Waals surface area contributed by atoms with E-state index in [1.54, 1.807) is 6.07 Å². The normalized spacial score (nSPS) is 20.0. The highest BCUT2D eigenvalue weighted by Gasteiger charge is 2.45. The van der Waals surface area contributed by atoms with Gasteiger partial charge in [0.25, 0.3) is 0 Å². The molecule has 3 rings (SSSR count). The van der Waals surface area contributed by atoms with E-state index in [-0.39, 0.29) is 5.91 Å². The predicted octanol–water partition coefficient (Wildman–Crippen LogP) is 4.00. The fraction of sp³-hybridized carbons (Fsp3) is 0.235. The third-order valence-electron chi connectivity index (χ3n) is 3.96. The maximum absolute atomic E-state index is 12.6. The third kappa shape index (κ3) is 2.09. The molecular weight excluding hydrogens is 286 g/mol. The molecule has 1 aliphatic rings. The number of benzene rings is 2. The van der Waals surface area contributed by atoms with Crippen LogP contribution in [0.1, 0.15) is 25.0 Å². The first kappa shape index (κ1) is 14.0. The number of ether oxygens (including phenoxy) is 1. The fourth-order valence-corrected chi connectivity index (χ4v) is 3.13. The number of hydrogen-bond donors (Lipinski definition) is 1. The van der Waals surface area contributed by atoms with Crippen LogP contribution >= 0.6 is 11.6 Å². The van der Waals surface area contributed by atoms with E-state index >= 15 is 0 Å². The van der Waals surface area contributed by atoms with E-state index in [9.17, 15) is 4.79 Å². The van der Waals surface area contributed by atoms with Gasteiger partial charge in [0, 0.05) is 10.7 Å². The molecule has 0 saturated heterocycles. The Balaban J connectivity index is 2.19. The first-order valence-corrected chi connectivity index (χ1v) is 7.29. The quantitative estimate of drug-likeness (QED) is 0.930. The van der Waals surface area contributed by atoms with Gasteiger partial charge in [-0.1, -0.05) is 29.8 Å². The van der Waals surface area contributed by atoms with Crippen LogP contribution in [0.2, 0.25) is 5.02 Å². The van der Waals surface area contributed by atoms with Gasteiger partial charge >= 0.3 is 0 Å². The standard InChI is InChI=1S/C17H16ClNO2/c1-3-21-11-8-9-15-13(10-11)17(2,16(20)19-15)12-6-4-5-7-14(12)18/h4-10H,3H2,1-2H3,(H,19,20). The number of hydrogen-bond acceptors (Lipinski definition) is 2. The maximum Gasteiger partial charge on any atom is 0.239 e. The summed E-state index contributed by atoms with van der Waals surface area (Å²) >= 11 is 6.32. The Morgan fingerprint density at radius 1 is 1.19 bits per heavy atom. The van der Waals surface area contributed by atoms with E-state index in [2.05, 4.69) is 5.32 Å². The number of carbonyl (C=O) groups excluding carboxylic acids is 1. The zero-order chi connectivity index (χ0) is 15.0. The summed E-state index contributed by atoms with van der Waals surface area (Å²) in [4.78, 5) is 12.6. The first-order chi connectivity index (χ1) is 10.1. The molecule has 2 aromatic rings. The Bertz CT molecular complexity index is 714. The molecule has 3 nitrogen and oxygen atoms in total. The summed E-state index contributed by atoms with van der Waals surface area (Å²) in [5.41, 5.74) is 1.70. The molecule has 0 bridgehead atoms. The SMILES string of the molecule is CCOc1ccc2c(c1)C(C)(c1ccccc1Cl)C(=O)N2. The second kappa shape index (κ2) is 5.08. The second-order valence-electron chi connectivity index (χ2n) is 5.20. The molecule has 1 heterocycles. The van der Waals surface area contributed by atoms with Crippen LogP contribution in [-0.2, 0) is 10.2 Å². The molecule has 2 aromatic carbocycles. The smallest absolute Gasteiger partial charge is 0.239 e. The summed E-state index contributed by atoms with van der Waals surface area (Å²) < 4.78 is 5.55. The topological polar surface area (TPSA) is 38.3 Å². The Hall–Kier alpha value is -2.00. The molecule has 1 aliphatic heterocycles. The van der Waals surface area contributed by atoms with Crippen LogP contribution in [0.25, 0.3) is 0 Å². The summed E-state index contributed by atoms with van der Waals surface area (Å²) in [6.07, 6.45) is 0. The van der Waals surface area contributed by atoms with Crippen LogP contribution in [0.3, 0.4) is 0 Å². The lowest BCUT2D eigenvalue weighted by atomic mass is 9.77. The van der Waals surface area contributed by atoms with Crippen molar-refractivity contribution in [2.24, 2.45) is 0 Å². The number of amides is 1. The van der Waals surface area contributed by atoms with Gasteiger partial charge in [0.05, 0.1) is 12.0 Å². The van der Waals surface area contributed by atoms with E-state index in [1.807, 2.05) is 50.2 Å². The third-order valence-corrected chi connectivity index (χ3v) is 4.29. The Labute approximate surface area is 128 Å². The van der Waals surface area contributed by atoms with Crippen molar-refractivity contribution in [3.63, 3.8) is 0 Å². The highest BCUT2D eigenvalue weighted by atomic mass is 35.5.